The summed E-state index contributed by atoms with van der Waals surface area (Å²) in [5, 5.41) is 22.0. The molecule has 49 heavy (non-hydrogen) atoms. The Bertz CT molecular complexity index is 2880. The minimum atomic E-state index is 0.736. The predicted molar refractivity (Wildman–Crippen MR) is 210 cm³/mol. The van der Waals surface area contributed by atoms with E-state index in [2.05, 4.69) is 158 Å². The van der Waals surface area contributed by atoms with E-state index in [1.807, 2.05) is 23.5 Å². The van der Waals surface area contributed by atoms with Crippen molar-refractivity contribution in [1.29, 1.82) is 5.26 Å². The highest BCUT2D eigenvalue weighted by Crippen LogP contribution is 2.49. The maximum Gasteiger partial charge on any atom is 0.100 e. The second-order valence-corrected chi connectivity index (χ2v) is 13.7. The molecule has 0 amide bonds. The SMILES string of the molecule is N#Cc1c2ccccc2c(-c2ccc3c(c2)sc2cccc(-c4c5ccccc5c(-c5ccccc5)c5ccccc45)c23)c2ccccc12. The van der Waals surface area contributed by atoms with E-state index in [4.69, 9.17) is 0 Å². The number of rotatable bonds is 3. The Labute approximate surface area is 287 Å². The third-order valence-corrected chi connectivity index (χ3v) is 11.2. The van der Waals surface area contributed by atoms with Gasteiger partial charge in [0.15, 0.2) is 0 Å². The largest absolute Gasteiger partial charge is 0.192 e. The number of hydrogen-bond acceptors (Lipinski definition) is 2. The van der Waals surface area contributed by atoms with Gasteiger partial charge in [-0.15, -0.1) is 11.3 Å². The van der Waals surface area contributed by atoms with E-state index in [0.717, 1.165) is 27.1 Å². The lowest BCUT2D eigenvalue weighted by molar-refractivity contribution is 1.51. The van der Waals surface area contributed by atoms with Crippen LogP contribution in [0.3, 0.4) is 0 Å². The number of thiophene rings is 1. The third-order valence-electron chi connectivity index (χ3n) is 10.1. The molecule has 0 aliphatic heterocycles. The van der Waals surface area contributed by atoms with E-state index in [1.165, 1.54) is 75.1 Å². The number of nitrogens with zero attached hydrogens (tertiary/aromatic N) is 1. The van der Waals surface area contributed by atoms with Crippen LogP contribution in [0.2, 0.25) is 0 Å². The highest BCUT2D eigenvalue weighted by atomic mass is 32.1. The van der Waals surface area contributed by atoms with E-state index in [1.54, 1.807) is 0 Å². The smallest absolute Gasteiger partial charge is 0.100 e. The summed E-state index contributed by atoms with van der Waals surface area (Å²) >= 11 is 1.86. The van der Waals surface area contributed by atoms with Gasteiger partial charge in [-0.05, 0) is 77.8 Å². The minimum Gasteiger partial charge on any atom is -0.192 e. The van der Waals surface area contributed by atoms with Crippen molar-refractivity contribution in [2.75, 3.05) is 0 Å². The number of nitriles is 1. The molecule has 10 aromatic rings. The normalized spacial score (nSPS) is 11.7. The first-order valence-electron chi connectivity index (χ1n) is 16.6. The fraction of sp³-hybridized carbons (Fsp3) is 0. The highest BCUT2D eigenvalue weighted by molar-refractivity contribution is 7.26. The predicted octanol–water partition coefficient (Wildman–Crippen LogP) is 13.5. The molecule has 0 aliphatic carbocycles. The van der Waals surface area contributed by atoms with Crippen LogP contribution in [0.25, 0.3) is 96.6 Å². The van der Waals surface area contributed by atoms with Crippen LogP contribution in [0.5, 0.6) is 0 Å². The van der Waals surface area contributed by atoms with Crippen molar-refractivity contribution in [3.8, 4) is 39.4 Å². The number of hydrogen-bond donors (Lipinski definition) is 0. The minimum absolute atomic E-state index is 0.736. The van der Waals surface area contributed by atoms with E-state index in [0.29, 0.717) is 0 Å². The van der Waals surface area contributed by atoms with Gasteiger partial charge >= 0.3 is 0 Å². The first-order chi connectivity index (χ1) is 24.3. The summed E-state index contributed by atoms with van der Waals surface area (Å²) in [5.74, 6) is 0. The molecule has 0 N–H and O–H groups in total. The summed E-state index contributed by atoms with van der Waals surface area (Å²) in [7, 11) is 0. The maximum absolute atomic E-state index is 10.2. The fourth-order valence-electron chi connectivity index (χ4n) is 8.08. The van der Waals surface area contributed by atoms with Gasteiger partial charge in [0.25, 0.3) is 0 Å². The van der Waals surface area contributed by atoms with Crippen LogP contribution < -0.4 is 0 Å². The van der Waals surface area contributed by atoms with E-state index in [-0.39, 0.29) is 0 Å². The molecule has 9 aromatic carbocycles. The molecule has 226 valence electrons. The first kappa shape index (κ1) is 27.8. The van der Waals surface area contributed by atoms with E-state index in [9.17, 15) is 5.26 Å². The Balaban J connectivity index is 1.27. The quantitative estimate of drug-likeness (QED) is 0.177. The van der Waals surface area contributed by atoms with Crippen LogP contribution >= 0.6 is 11.3 Å². The summed E-state index contributed by atoms with van der Waals surface area (Å²) in [6.45, 7) is 0. The van der Waals surface area contributed by atoms with Crippen LogP contribution in [0.1, 0.15) is 5.56 Å². The Hall–Kier alpha value is -6.27. The molecule has 0 fully saturated rings. The van der Waals surface area contributed by atoms with Crippen molar-refractivity contribution >= 4 is 74.6 Å². The van der Waals surface area contributed by atoms with Gasteiger partial charge in [0.05, 0.1) is 5.56 Å². The summed E-state index contributed by atoms with van der Waals surface area (Å²) in [5.41, 5.74) is 8.14. The molecule has 0 spiro atoms. The molecule has 0 unspecified atom stereocenters. The van der Waals surface area contributed by atoms with Crippen LogP contribution in [0.4, 0.5) is 0 Å². The van der Waals surface area contributed by atoms with Crippen LogP contribution in [-0.2, 0) is 0 Å². The zero-order chi connectivity index (χ0) is 32.5. The van der Waals surface area contributed by atoms with Gasteiger partial charge < -0.3 is 0 Å². The molecule has 10 rings (SSSR count). The standard InChI is InChI=1S/C47H27NS/c48-28-41-31-15-4-6-17-33(31)45(34-18-7-5-16-32(34)41)30-25-26-39-43(27-30)49-42-24-12-23-40(47(39)42)46-37-21-10-8-19-35(37)44(29-13-2-1-3-14-29)36-20-9-11-22-38(36)46/h1-27H. The molecule has 1 nitrogen and oxygen atoms in total. The Morgan fingerprint density at radius 2 is 0.857 bits per heavy atom. The second-order valence-electron chi connectivity index (χ2n) is 12.7. The molecular weight excluding hydrogens is 611 g/mol. The van der Waals surface area contributed by atoms with Crippen molar-refractivity contribution in [3.05, 3.63) is 169 Å². The number of benzene rings is 9. The average molecular weight is 638 g/mol. The molecule has 2 heteroatoms. The van der Waals surface area contributed by atoms with Gasteiger partial charge in [0.2, 0.25) is 0 Å². The maximum atomic E-state index is 10.2. The van der Waals surface area contributed by atoms with Crippen LogP contribution in [0, 0.1) is 11.3 Å². The Kier molecular flexibility index (Phi) is 6.18. The average Bonchev–Trinajstić information content (AvgIpc) is 3.54. The monoisotopic (exact) mass is 637 g/mol. The summed E-state index contributed by atoms with van der Waals surface area (Å²) < 4.78 is 2.53. The van der Waals surface area contributed by atoms with Gasteiger partial charge in [-0.3, -0.25) is 0 Å². The molecule has 0 aliphatic rings. The molecular formula is C47H27NS. The molecule has 0 bridgehead atoms. The van der Waals surface area contributed by atoms with E-state index < -0.39 is 0 Å². The molecule has 0 saturated carbocycles. The summed E-state index contributed by atoms with van der Waals surface area (Å²) in [6.07, 6.45) is 0. The Morgan fingerprint density at radius 3 is 1.43 bits per heavy atom. The van der Waals surface area contributed by atoms with E-state index >= 15 is 0 Å². The van der Waals surface area contributed by atoms with Crippen molar-refractivity contribution in [1.82, 2.24) is 0 Å². The topological polar surface area (TPSA) is 23.8 Å². The van der Waals surface area contributed by atoms with Crippen molar-refractivity contribution in [2.45, 2.75) is 0 Å². The van der Waals surface area contributed by atoms with Gasteiger partial charge in [-0.25, -0.2) is 0 Å². The molecule has 0 radical (unpaired) electrons. The lowest BCUT2D eigenvalue weighted by Crippen LogP contribution is -1.91. The van der Waals surface area contributed by atoms with Crippen LogP contribution in [0.15, 0.2) is 164 Å². The lowest BCUT2D eigenvalue weighted by atomic mass is 9.85. The van der Waals surface area contributed by atoms with Gasteiger partial charge in [0.1, 0.15) is 6.07 Å². The summed E-state index contributed by atoms with van der Waals surface area (Å²) in [6, 6.07) is 61.5. The van der Waals surface area contributed by atoms with Gasteiger partial charge in [-0.2, -0.15) is 5.26 Å². The first-order valence-corrected chi connectivity index (χ1v) is 17.4. The lowest BCUT2D eigenvalue weighted by Gasteiger charge is -2.18. The fourth-order valence-corrected chi connectivity index (χ4v) is 9.26. The van der Waals surface area contributed by atoms with Crippen molar-refractivity contribution in [2.24, 2.45) is 0 Å². The van der Waals surface area contributed by atoms with Crippen molar-refractivity contribution in [3.63, 3.8) is 0 Å². The molecule has 1 heterocycles. The number of fused-ring (bicyclic) bond motifs is 7. The van der Waals surface area contributed by atoms with Crippen LogP contribution in [-0.4, -0.2) is 0 Å². The zero-order valence-electron chi connectivity index (χ0n) is 26.4. The molecule has 0 atom stereocenters. The molecule has 1 aromatic heterocycles. The van der Waals surface area contributed by atoms with Crippen molar-refractivity contribution < 1.29 is 0 Å². The zero-order valence-corrected chi connectivity index (χ0v) is 27.3. The van der Waals surface area contributed by atoms with Gasteiger partial charge in [0, 0.05) is 30.9 Å². The second kappa shape index (κ2) is 10.9. The van der Waals surface area contributed by atoms with Gasteiger partial charge in [-0.1, -0.05) is 152 Å². The molecule has 0 saturated heterocycles. The Morgan fingerprint density at radius 1 is 0.367 bits per heavy atom. The third kappa shape index (κ3) is 4.10. The highest BCUT2D eigenvalue weighted by Gasteiger charge is 2.21. The summed E-state index contributed by atoms with van der Waals surface area (Å²) in [4.78, 5) is 0.